The van der Waals surface area contributed by atoms with Gasteiger partial charge in [0, 0.05) is 12.3 Å². The van der Waals surface area contributed by atoms with Crippen molar-refractivity contribution in [3.8, 4) is 23.0 Å². The first-order valence-corrected chi connectivity index (χ1v) is 10.6. The van der Waals surface area contributed by atoms with Gasteiger partial charge in [0.05, 0.1) is 19.1 Å². The molecule has 2 unspecified atom stereocenters. The van der Waals surface area contributed by atoms with E-state index in [-0.39, 0.29) is 25.6 Å². The zero-order valence-corrected chi connectivity index (χ0v) is 18.2. The van der Waals surface area contributed by atoms with E-state index in [0.717, 1.165) is 22.3 Å². The number of ether oxygens (including phenoxy) is 1. The summed E-state index contributed by atoms with van der Waals surface area (Å²) in [6.45, 7) is 1.29. The molecule has 0 bridgehead atoms. The maximum Gasteiger partial charge on any atom is 0.407 e. The lowest BCUT2D eigenvalue weighted by molar-refractivity contribution is -0.140. The van der Waals surface area contributed by atoms with Gasteiger partial charge in [-0.1, -0.05) is 48.5 Å². The Balaban J connectivity index is 1.65. The average Bonchev–Trinajstić information content (AvgIpc) is 3.13. The summed E-state index contributed by atoms with van der Waals surface area (Å²) >= 11 is 0. The van der Waals surface area contributed by atoms with Crippen LogP contribution in [0.3, 0.4) is 0 Å². The lowest BCUT2D eigenvalue weighted by Gasteiger charge is -2.21. The molecule has 1 aliphatic carbocycles. The lowest BCUT2D eigenvalue weighted by Crippen LogP contribution is -2.51. The van der Waals surface area contributed by atoms with Crippen molar-refractivity contribution in [3.05, 3.63) is 59.7 Å². The maximum absolute atomic E-state index is 12.5. The van der Waals surface area contributed by atoms with E-state index in [1.165, 1.54) is 0 Å². The van der Waals surface area contributed by atoms with Crippen LogP contribution in [0.2, 0.25) is 0 Å². The fourth-order valence-electron chi connectivity index (χ4n) is 3.85. The van der Waals surface area contributed by atoms with E-state index in [1.807, 2.05) is 48.5 Å². The molecule has 0 saturated heterocycles. The first-order valence-electron chi connectivity index (χ1n) is 10.6. The summed E-state index contributed by atoms with van der Waals surface area (Å²) in [5.74, 6) is 3.24. The van der Waals surface area contributed by atoms with Crippen molar-refractivity contribution >= 4 is 18.0 Å². The Labute approximate surface area is 192 Å². The van der Waals surface area contributed by atoms with Gasteiger partial charge in [-0.05, 0) is 29.2 Å². The first kappa shape index (κ1) is 23.8. The van der Waals surface area contributed by atoms with Gasteiger partial charge >= 0.3 is 12.1 Å². The van der Waals surface area contributed by atoms with Crippen molar-refractivity contribution < 1.29 is 29.3 Å². The summed E-state index contributed by atoms with van der Waals surface area (Å²) in [6.07, 6.45) is -1.33. The highest BCUT2D eigenvalue weighted by atomic mass is 16.5. The predicted molar refractivity (Wildman–Crippen MR) is 121 cm³/mol. The van der Waals surface area contributed by atoms with Gasteiger partial charge in [-0.25, -0.2) is 4.79 Å². The topological polar surface area (TPSA) is 125 Å². The van der Waals surface area contributed by atoms with E-state index in [4.69, 9.17) is 9.84 Å². The minimum Gasteiger partial charge on any atom is -0.481 e. The molecule has 0 radical (unpaired) electrons. The quantitative estimate of drug-likeness (QED) is 0.435. The van der Waals surface area contributed by atoms with E-state index in [9.17, 15) is 19.5 Å². The number of alkyl carbamates (subject to hydrolysis) is 1. The number of aliphatic carboxylic acids is 1. The summed E-state index contributed by atoms with van der Waals surface area (Å²) in [6, 6.07) is 13.7. The molecule has 8 nitrogen and oxygen atoms in total. The minimum absolute atomic E-state index is 0.0344. The largest absolute Gasteiger partial charge is 0.481 e. The summed E-state index contributed by atoms with van der Waals surface area (Å²) in [5, 5.41) is 23.4. The monoisotopic (exact) mass is 450 g/mol. The predicted octanol–water partition coefficient (Wildman–Crippen LogP) is 2.26. The van der Waals surface area contributed by atoms with Gasteiger partial charge in [-0.15, -0.1) is 11.8 Å². The second kappa shape index (κ2) is 11.2. The van der Waals surface area contributed by atoms with E-state index in [1.54, 1.807) is 6.92 Å². The molecule has 4 N–H and O–H groups in total. The van der Waals surface area contributed by atoms with Crippen LogP contribution in [0, 0.1) is 11.8 Å². The van der Waals surface area contributed by atoms with Crippen LogP contribution in [-0.2, 0) is 14.3 Å². The van der Waals surface area contributed by atoms with E-state index in [0.29, 0.717) is 0 Å². The molecule has 0 saturated carbocycles. The van der Waals surface area contributed by atoms with E-state index < -0.39 is 36.5 Å². The van der Waals surface area contributed by atoms with Gasteiger partial charge in [-0.2, -0.15) is 0 Å². The number of hydrogen-bond acceptors (Lipinski definition) is 5. The number of carboxylic acid groups (broad SMARTS) is 1. The normalized spacial score (nSPS) is 13.5. The van der Waals surface area contributed by atoms with Crippen LogP contribution in [-0.4, -0.2) is 53.5 Å². The molecule has 1 aliphatic rings. The Morgan fingerprint density at radius 2 is 1.64 bits per heavy atom. The smallest absolute Gasteiger partial charge is 0.407 e. The van der Waals surface area contributed by atoms with Crippen LogP contribution in [0.25, 0.3) is 11.1 Å². The third kappa shape index (κ3) is 5.90. The average molecular weight is 450 g/mol. The van der Waals surface area contributed by atoms with Crippen molar-refractivity contribution in [1.29, 1.82) is 0 Å². The number of aliphatic hydroxyl groups is 1. The minimum atomic E-state index is -1.36. The molecular formula is C25H26N2O6. The molecule has 0 spiro atoms. The molecule has 2 aromatic carbocycles. The third-order valence-electron chi connectivity index (χ3n) is 5.42. The molecule has 3 rings (SSSR count). The number of amides is 2. The maximum atomic E-state index is 12.5. The molecule has 2 atom stereocenters. The Morgan fingerprint density at radius 1 is 1.03 bits per heavy atom. The number of benzene rings is 2. The van der Waals surface area contributed by atoms with Crippen LogP contribution >= 0.6 is 0 Å². The summed E-state index contributed by atoms with van der Waals surface area (Å²) in [5.41, 5.74) is 4.23. The zero-order chi connectivity index (χ0) is 23.8. The standard InChI is InChI=1S/C25H26N2O6/c1-2-3-8-16(14-28)26-24(31)22(13-23(29)30)27-25(32)33-15-21-19-11-6-4-9-17(19)18-10-5-7-12-20(18)21/h4-7,9-12,16,21-22,28H,8,13-15H2,1H3,(H,26,31)(H,27,32)(H,29,30). The summed E-state index contributed by atoms with van der Waals surface area (Å²) in [7, 11) is 0. The Bertz CT molecular complexity index is 1040. The number of carboxylic acids is 1. The van der Waals surface area contributed by atoms with Crippen LogP contribution in [0.4, 0.5) is 4.79 Å². The number of fused-ring (bicyclic) bond motifs is 3. The van der Waals surface area contributed by atoms with Crippen LogP contribution in [0.5, 0.6) is 0 Å². The van der Waals surface area contributed by atoms with Crippen LogP contribution in [0.1, 0.15) is 36.8 Å². The Hall–Kier alpha value is -3.83. The molecule has 172 valence electrons. The molecule has 8 heteroatoms. The fraction of sp³-hybridized carbons (Fsp3) is 0.320. The SMILES string of the molecule is CC#CCC(CO)NC(=O)C(CC(=O)O)NC(=O)OCC1c2ccccc2-c2ccccc21. The molecule has 0 fully saturated rings. The number of hydrogen-bond donors (Lipinski definition) is 4. The van der Waals surface area contributed by atoms with Crippen molar-refractivity contribution in [2.24, 2.45) is 0 Å². The Kier molecular flexibility index (Phi) is 8.06. The fourth-order valence-corrected chi connectivity index (χ4v) is 3.85. The van der Waals surface area contributed by atoms with Crippen molar-refractivity contribution in [3.63, 3.8) is 0 Å². The second-order valence-electron chi connectivity index (χ2n) is 7.64. The second-order valence-corrected chi connectivity index (χ2v) is 7.64. The van der Waals surface area contributed by atoms with Crippen molar-refractivity contribution in [2.45, 2.75) is 37.8 Å². The van der Waals surface area contributed by atoms with Gasteiger partial charge in [0.2, 0.25) is 5.91 Å². The van der Waals surface area contributed by atoms with Crippen molar-refractivity contribution in [1.82, 2.24) is 10.6 Å². The van der Waals surface area contributed by atoms with E-state index >= 15 is 0 Å². The van der Waals surface area contributed by atoms with Gasteiger partial charge in [0.25, 0.3) is 0 Å². The number of rotatable bonds is 9. The van der Waals surface area contributed by atoms with Gasteiger partial charge in [0.15, 0.2) is 0 Å². The highest BCUT2D eigenvalue weighted by Gasteiger charge is 2.30. The number of carbonyl (C=O) groups is 3. The highest BCUT2D eigenvalue weighted by Crippen LogP contribution is 2.44. The summed E-state index contributed by atoms with van der Waals surface area (Å²) < 4.78 is 5.40. The van der Waals surface area contributed by atoms with Crippen molar-refractivity contribution in [2.75, 3.05) is 13.2 Å². The van der Waals surface area contributed by atoms with Crippen LogP contribution < -0.4 is 10.6 Å². The van der Waals surface area contributed by atoms with Gasteiger partial charge in [-0.3, -0.25) is 9.59 Å². The third-order valence-corrected chi connectivity index (χ3v) is 5.42. The molecule has 0 heterocycles. The van der Waals surface area contributed by atoms with Crippen LogP contribution in [0.15, 0.2) is 48.5 Å². The Morgan fingerprint density at radius 3 is 2.18 bits per heavy atom. The first-order chi connectivity index (χ1) is 15.9. The molecule has 0 aliphatic heterocycles. The van der Waals surface area contributed by atoms with Gasteiger partial charge < -0.3 is 25.6 Å². The number of nitrogens with one attached hydrogen (secondary N) is 2. The molecule has 33 heavy (non-hydrogen) atoms. The van der Waals surface area contributed by atoms with Gasteiger partial charge in [0.1, 0.15) is 12.6 Å². The van der Waals surface area contributed by atoms with E-state index in [2.05, 4.69) is 22.5 Å². The molecule has 2 amide bonds. The molecule has 0 aromatic heterocycles. The molecule has 2 aromatic rings. The lowest BCUT2D eigenvalue weighted by atomic mass is 9.98. The highest BCUT2D eigenvalue weighted by molar-refractivity contribution is 5.89. The summed E-state index contributed by atoms with van der Waals surface area (Å²) in [4.78, 5) is 36.2. The number of aliphatic hydroxyl groups excluding tert-OH is 1. The molecular weight excluding hydrogens is 424 g/mol. The number of carbonyl (C=O) groups excluding carboxylic acids is 2. The zero-order valence-electron chi connectivity index (χ0n) is 18.2.